The Morgan fingerprint density at radius 1 is 0.415 bits per heavy atom. The van der Waals surface area contributed by atoms with Crippen LogP contribution in [-0.2, 0) is 0 Å². The van der Waals surface area contributed by atoms with Gasteiger partial charge in [0.2, 0.25) is 0 Å². The van der Waals surface area contributed by atoms with E-state index in [4.69, 9.17) is 0 Å². The van der Waals surface area contributed by atoms with E-state index in [9.17, 15) is 0 Å². The van der Waals surface area contributed by atoms with E-state index in [-0.39, 0.29) is 0 Å². The Balaban J connectivity index is 1.19. The minimum absolute atomic E-state index is 0.701. The van der Waals surface area contributed by atoms with E-state index in [0.29, 0.717) is 5.82 Å². The molecule has 0 saturated heterocycles. The largest absolute Gasteiger partial charge is 0.317 e. The lowest BCUT2D eigenvalue weighted by Gasteiger charge is -2.26. The van der Waals surface area contributed by atoms with Gasteiger partial charge in [-0.25, -0.2) is 9.97 Å². The van der Waals surface area contributed by atoms with Crippen LogP contribution < -0.4 is 4.90 Å². The van der Waals surface area contributed by atoms with Gasteiger partial charge in [-0.05, 0) is 115 Å². The second-order valence-corrected chi connectivity index (χ2v) is 13.0. The zero-order chi connectivity index (χ0) is 35.1. The molecule has 6 heteroatoms. The van der Waals surface area contributed by atoms with Gasteiger partial charge in [0.05, 0.1) is 22.2 Å². The van der Waals surface area contributed by atoms with Gasteiger partial charge in [0.25, 0.3) is 0 Å². The predicted octanol–water partition coefficient (Wildman–Crippen LogP) is 11.7. The maximum absolute atomic E-state index is 4.59. The van der Waals surface area contributed by atoms with E-state index in [1.165, 1.54) is 27.2 Å². The smallest absolute Gasteiger partial charge is 0.159 e. The molecule has 6 nitrogen and oxygen atoms in total. The molecule has 6 aromatic carbocycles. The molecule has 10 rings (SSSR count). The second kappa shape index (κ2) is 12.8. The van der Waals surface area contributed by atoms with Crippen molar-refractivity contribution in [2.24, 2.45) is 0 Å². The minimum Gasteiger partial charge on any atom is -0.317 e. The number of anilines is 3. The average Bonchev–Trinajstić information content (AvgIpc) is 3.82. The Bertz CT molecular complexity index is 2760. The van der Waals surface area contributed by atoms with Crippen molar-refractivity contribution in [1.82, 2.24) is 24.1 Å². The molecule has 0 amide bonds. The Labute approximate surface area is 306 Å². The molecule has 4 heterocycles. The van der Waals surface area contributed by atoms with E-state index < -0.39 is 0 Å². The number of benzene rings is 6. The van der Waals surface area contributed by atoms with Crippen molar-refractivity contribution in [1.29, 1.82) is 0 Å². The summed E-state index contributed by atoms with van der Waals surface area (Å²) in [5.74, 6) is 0.701. The fraction of sp³-hybridized carbons (Fsp3) is 0. The SMILES string of the molecule is c1ccc(-n2ccc3c4c5cc(N(c6ccc(-c7ccccn7)cc6)c6ccc(-c7ncccn7)cc6)ccc5n(-c5ccccc5)c4ccc32)cc1. The minimum atomic E-state index is 0.701. The van der Waals surface area contributed by atoms with Crippen molar-refractivity contribution in [3.05, 3.63) is 195 Å². The average molecular weight is 681 g/mol. The third-order valence-corrected chi connectivity index (χ3v) is 9.92. The summed E-state index contributed by atoms with van der Waals surface area (Å²) >= 11 is 0. The lowest BCUT2D eigenvalue weighted by molar-refractivity contribution is 1.13. The molecule has 0 fully saturated rings. The van der Waals surface area contributed by atoms with Gasteiger partial charge in [-0.1, -0.05) is 54.6 Å². The topological polar surface area (TPSA) is 51.8 Å². The Morgan fingerprint density at radius 2 is 1.02 bits per heavy atom. The van der Waals surface area contributed by atoms with E-state index in [1.807, 2.05) is 30.5 Å². The third kappa shape index (κ3) is 5.32. The number of nitrogens with zero attached hydrogens (tertiary/aromatic N) is 6. The predicted molar refractivity (Wildman–Crippen MR) is 217 cm³/mol. The van der Waals surface area contributed by atoms with Crippen molar-refractivity contribution in [2.45, 2.75) is 0 Å². The van der Waals surface area contributed by atoms with Gasteiger partial charge in [0.1, 0.15) is 0 Å². The normalized spacial score (nSPS) is 11.4. The van der Waals surface area contributed by atoms with E-state index >= 15 is 0 Å². The second-order valence-electron chi connectivity index (χ2n) is 13.0. The van der Waals surface area contributed by atoms with Gasteiger partial charge >= 0.3 is 0 Å². The number of rotatable bonds is 7. The maximum Gasteiger partial charge on any atom is 0.159 e. The first-order chi connectivity index (χ1) is 26.3. The molecular formula is C47H32N6. The van der Waals surface area contributed by atoms with Crippen LogP contribution in [0.15, 0.2) is 195 Å². The van der Waals surface area contributed by atoms with Gasteiger partial charge in [-0.3, -0.25) is 4.98 Å². The Hall–Kier alpha value is -7.31. The summed E-state index contributed by atoms with van der Waals surface area (Å²) < 4.78 is 4.66. The number of aromatic nitrogens is 5. The highest BCUT2D eigenvalue weighted by molar-refractivity contribution is 6.22. The van der Waals surface area contributed by atoms with Crippen LogP contribution in [0.2, 0.25) is 0 Å². The number of hydrogen-bond acceptors (Lipinski definition) is 4. The first-order valence-electron chi connectivity index (χ1n) is 17.7. The highest BCUT2D eigenvalue weighted by Crippen LogP contribution is 2.42. The standard InChI is InChI=1S/C47H32N6/c1-3-10-35(11-4-1)51-31-27-40-43(51)25-26-45-46(40)41-32-39(23-24-44(41)53(45)36-12-5-2-6-13-36)52(37-19-15-33(16-20-37)42-14-7-8-28-48-42)38-21-17-34(18-22-38)47-49-29-9-30-50-47/h1-32H. The number of hydrogen-bond donors (Lipinski definition) is 0. The molecule has 0 aliphatic carbocycles. The van der Waals surface area contributed by atoms with Crippen molar-refractivity contribution in [2.75, 3.05) is 4.90 Å². The monoisotopic (exact) mass is 680 g/mol. The van der Waals surface area contributed by atoms with Crippen LogP contribution >= 0.6 is 0 Å². The first kappa shape index (κ1) is 30.5. The van der Waals surface area contributed by atoms with E-state index in [1.54, 1.807) is 12.4 Å². The van der Waals surface area contributed by atoms with Crippen LogP contribution in [0.5, 0.6) is 0 Å². The fourth-order valence-electron chi connectivity index (χ4n) is 7.50. The van der Waals surface area contributed by atoms with Gasteiger partial charge in [-0.2, -0.15) is 0 Å². The summed E-state index contributed by atoms with van der Waals surface area (Å²) in [6, 6.07) is 59.7. The van der Waals surface area contributed by atoms with Crippen LogP contribution in [0.1, 0.15) is 0 Å². The Morgan fingerprint density at radius 3 is 1.72 bits per heavy atom. The van der Waals surface area contributed by atoms with Crippen LogP contribution in [0, 0.1) is 0 Å². The Kier molecular flexibility index (Phi) is 7.36. The highest BCUT2D eigenvalue weighted by atomic mass is 15.1. The number of pyridine rings is 1. The quantitative estimate of drug-likeness (QED) is 0.168. The van der Waals surface area contributed by atoms with Gasteiger partial charge in [-0.15, -0.1) is 0 Å². The molecule has 0 radical (unpaired) electrons. The molecule has 4 aromatic heterocycles. The summed E-state index contributed by atoms with van der Waals surface area (Å²) in [5.41, 5.74) is 11.9. The van der Waals surface area contributed by atoms with Gasteiger partial charge in [0, 0.05) is 80.5 Å². The van der Waals surface area contributed by atoms with Gasteiger partial charge < -0.3 is 14.0 Å². The molecule has 0 unspecified atom stereocenters. The first-order valence-corrected chi connectivity index (χ1v) is 17.7. The summed E-state index contributed by atoms with van der Waals surface area (Å²) in [6.07, 6.45) is 7.57. The third-order valence-electron chi connectivity index (χ3n) is 9.92. The summed E-state index contributed by atoms with van der Waals surface area (Å²) in [5, 5.41) is 3.61. The summed E-state index contributed by atoms with van der Waals surface area (Å²) in [6.45, 7) is 0. The molecule has 10 aromatic rings. The van der Waals surface area contributed by atoms with E-state index in [2.05, 4.69) is 181 Å². The highest BCUT2D eigenvalue weighted by Gasteiger charge is 2.20. The lowest BCUT2D eigenvalue weighted by Crippen LogP contribution is -2.10. The molecule has 0 aliphatic rings. The molecule has 0 atom stereocenters. The lowest BCUT2D eigenvalue weighted by atomic mass is 10.1. The van der Waals surface area contributed by atoms with Crippen molar-refractivity contribution >= 4 is 49.8 Å². The zero-order valence-electron chi connectivity index (χ0n) is 28.7. The molecule has 0 spiro atoms. The molecule has 0 N–H and O–H groups in total. The summed E-state index contributed by atoms with van der Waals surface area (Å²) in [7, 11) is 0. The van der Waals surface area contributed by atoms with Crippen LogP contribution in [0.4, 0.5) is 17.1 Å². The molecule has 53 heavy (non-hydrogen) atoms. The molecule has 0 saturated carbocycles. The maximum atomic E-state index is 4.59. The molecular weight excluding hydrogens is 649 g/mol. The van der Waals surface area contributed by atoms with Crippen LogP contribution in [0.25, 0.3) is 66.7 Å². The van der Waals surface area contributed by atoms with Gasteiger partial charge in [0.15, 0.2) is 5.82 Å². The number of para-hydroxylation sites is 2. The molecule has 0 bridgehead atoms. The van der Waals surface area contributed by atoms with E-state index in [0.717, 1.165) is 50.8 Å². The zero-order valence-corrected chi connectivity index (χ0v) is 28.7. The van der Waals surface area contributed by atoms with Crippen molar-refractivity contribution in [3.8, 4) is 34.0 Å². The molecule has 0 aliphatic heterocycles. The van der Waals surface area contributed by atoms with Crippen molar-refractivity contribution < 1.29 is 0 Å². The van der Waals surface area contributed by atoms with Crippen LogP contribution in [-0.4, -0.2) is 24.1 Å². The van der Waals surface area contributed by atoms with Crippen LogP contribution in [0.3, 0.4) is 0 Å². The summed E-state index contributed by atoms with van der Waals surface area (Å²) in [4.78, 5) is 15.9. The van der Waals surface area contributed by atoms with Crippen molar-refractivity contribution in [3.63, 3.8) is 0 Å². The number of fused-ring (bicyclic) bond motifs is 5. The molecule has 250 valence electrons. The fourth-order valence-corrected chi connectivity index (χ4v) is 7.50.